The van der Waals surface area contributed by atoms with Crippen molar-refractivity contribution in [3.63, 3.8) is 0 Å². The lowest BCUT2D eigenvalue weighted by atomic mass is 9.97. The monoisotopic (exact) mass is 246 g/mol. The molecule has 3 nitrogen and oxygen atoms in total. The summed E-state index contributed by atoms with van der Waals surface area (Å²) in [5, 5.41) is 3.33. The molecule has 1 fully saturated rings. The van der Waals surface area contributed by atoms with Gasteiger partial charge in [-0.25, -0.2) is 0 Å². The molecular weight excluding hydrogens is 224 g/mol. The molecule has 1 aromatic rings. The highest BCUT2D eigenvalue weighted by Gasteiger charge is 2.39. The van der Waals surface area contributed by atoms with Crippen molar-refractivity contribution in [3.05, 3.63) is 35.9 Å². The molecule has 1 heterocycles. The van der Waals surface area contributed by atoms with Gasteiger partial charge < -0.3 is 10.2 Å². The Morgan fingerprint density at radius 3 is 2.61 bits per heavy atom. The van der Waals surface area contributed by atoms with Crippen molar-refractivity contribution < 1.29 is 4.79 Å². The van der Waals surface area contributed by atoms with E-state index in [9.17, 15) is 4.79 Å². The Morgan fingerprint density at radius 1 is 1.39 bits per heavy atom. The van der Waals surface area contributed by atoms with Crippen molar-refractivity contribution in [1.82, 2.24) is 10.2 Å². The second kappa shape index (κ2) is 5.11. The Labute approximate surface area is 109 Å². The van der Waals surface area contributed by atoms with Crippen molar-refractivity contribution in [3.8, 4) is 0 Å². The summed E-state index contributed by atoms with van der Waals surface area (Å²) in [5.74, 6) is 0.191. The molecule has 98 valence electrons. The number of hydrogen-bond acceptors (Lipinski definition) is 2. The number of rotatable bonds is 3. The zero-order valence-corrected chi connectivity index (χ0v) is 11.4. The van der Waals surface area contributed by atoms with Crippen molar-refractivity contribution in [2.24, 2.45) is 0 Å². The molecule has 0 aromatic heterocycles. The van der Waals surface area contributed by atoms with Crippen LogP contribution < -0.4 is 5.32 Å². The van der Waals surface area contributed by atoms with E-state index in [4.69, 9.17) is 0 Å². The third-order valence-corrected chi connectivity index (χ3v) is 4.02. The SMILES string of the molecule is CC(c1ccccc1)N(C)C(=O)C1(C)CCCN1. The fraction of sp³-hybridized carbons (Fsp3) is 0.533. The minimum absolute atomic E-state index is 0.109. The first-order valence-electron chi connectivity index (χ1n) is 6.62. The molecule has 1 amide bonds. The molecule has 1 saturated heterocycles. The second-order valence-corrected chi connectivity index (χ2v) is 5.37. The molecule has 0 saturated carbocycles. The lowest BCUT2D eigenvalue weighted by molar-refractivity contribution is -0.137. The smallest absolute Gasteiger partial charge is 0.242 e. The number of likely N-dealkylation sites (N-methyl/N-ethyl adjacent to an activating group) is 1. The highest BCUT2D eigenvalue weighted by atomic mass is 16.2. The molecule has 0 radical (unpaired) electrons. The average molecular weight is 246 g/mol. The van der Waals surface area contributed by atoms with Gasteiger partial charge in [0.15, 0.2) is 0 Å². The summed E-state index contributed by atoms with van der Waals surface area (Å²) in [6, 6.07) is 10.3. The number of nitrogens with zero attached hydrogens (tertiary/aromatic N) is 1. The van der Waals surface area contributed by atoms with E-state index in [-0.39, 0.29) is 17.5 Å². The summed E-state index contributed by atoms with van der Waals surface area (Å²) in [6.45, 7) is 5.03. The number of amides is 1. The minimum atomic E-state index is -0.377. The van der Waals surface area contributed by atoms with Gasteiger partial charge >= 0.3 is 0 Å². The molecule has 2 rings (SSSR count). The van der Waals surface area contributed by atoms with Crippen LogP contribution in [0.2, 0.25) is 0 Å². The number of nitrogens with one attached hydrogen (secondary N) is 1. The number of hydrogen-bond donors (Lipinski definition) is 1. The predicted octanol–water partition coefficient (Wildman–Crippen LogP) is 2.35. The van der Waals surface area contributed by atoms with Gasteiger partial charge in [-0.2, -0.15) is 0 Å². The van der Waals surface area contributed by atoms with Crippen molar-refractivity contribution in [2.75, 3.05) is 13.6 Å². The van der Waals surface area contributed by atoms with Crippen LogP contribution in [0.25, 0.3) is 0 Å². The fourth-order valence-electron chi connectivity index (χ4n) is 2.60. The maximum atomic E-state index is 12.5. The van der Waals surface area contributed by atoms with Gasteiger partial charge in [-0.15, -0.1) is 0 Å². The molecule has 0 aliphatic carbocycles. The molecule has 0 bridgehead atoms. The Morgan fingerprint density at radius 2 is 2.06 bits per heavy atom. The van der Waals surface area contributed by atoms with Gasteiger partial charge in [0.2, 0.25) is 5.91 Å². The van der Waals surface area contributed by atoms with Gasteiger partial charge in [-0.1, -0.05) is 30.3 Å². The minimum Gasteiger partial charge on any atom is -0.337 e. The van der Waals surface area contributed by atoms with E-state index >= 15 is 0 Å². The van der Waals surface area contributed by atoms with Crippen LogP contribution >= 0.6 is 0 Å². The molecule has 1 aromatic carbocycles. The third-order valence-electron chi connectivity index (χ3n) is 4.02. The average Bonchev–Trinajstić information content (AvgIpc) is 2.85. The molecular formula is C15H22N2O. The Bertz CT molecular complexity index is 410. The molecule has 3 heteroatoms. The summed E-state index contributed by atoms with van der Waals surface area (Å²) >= 11 is 0. The van der Waals surface area contributed by atoms with Crippen LogP contribution in [0.4, 0.5) is 0 Å². The van der Waals surface area contributed by atoms with Gasteiger partial charge in [0, 0.05) is 7.05 Å². The highest BCUT2D eigenvalue weighted by molar-refractivity contribution is 5.86. The summed E-state index contributed by atoms with van der Waals surface area (Å²) in [4.78, 5) is 14.4. The standard InChI is InChI=1S/C15H22N2O/c1-12(13-8-5-4-6-9-13)17(3)14(18)15(2)10-7-11-16-15/h4-6,8-9,12,16H,7,10-11H2,1-3H3. The quantitative estimate of drug-likeness (QED) is 0.888. The van der Waals surface area contributed by atoms with E-state index in [1.165, 1.54) is 5.56 Å². The number of carbonyl (C=O) groups excluding carboxylic acids is 1. The van der Waals surface area contributed by atoms with Gasteiger partial charge in [-0.3, -0.25) is 4.79 Å². The highest BCUT2D eigenvalue weighted by Crippen LogP contribution is 2.26. The van der Waals surface area contributed by atoms with Crippen LogP contribution in [-0.2, 0) is 4.79 Å². The first kappa shape index (κ1) is 13.1. The maximum Gasteiger partial charge on any atom is 0.242 e. The maximum absolute atomic E-state index is 12.5. The van der Waals surface area contributed by atoms with E-state index in [0.29, 0.717) is 0 Å². The molecule has 2 unspecified atom stereocenters. The molecule has 1 aliphatic heterocycles. The lowest BCUT2D eigenvalue weighted by Crippen LogP contribution is -2.52. The molecule has 1 N–H and O–H groups in total. The predicted molar refractivity (Wildman–Crippen MR) is 73.3 cm³/mol. The van der Waals surface area contributed by atoms with E-state index in [2.05, 4.69) is 24.4 Å². The number of carbonyl (C=O) groups is 1. The molecule has 18 heavy (non-hydrogen) atoms. The van der Waals surface area contributed by atoms with E-state index in [1.807, 2.05) is 37.1 Å². The first-order valence-corrected chi connectivity index (χ1v) is 6.62. The summed E-state index contributed by atoms with van der Waals surface area (Å²) < 4.78 is 0. The van der Waals surface area contributed by atoms with Crippen LogP contribution in [0.5, 0.6) is 0 Å². The van der Waals surface area contributed by atoms with Crippen molar-refractivity contribution in [2.45, 2.75) is 38.3 Å². The molecule has 0 spiro atoms. The Balaban J connectivity index is 2.11. The normalized spacial score (nSPS) is 24.8. The summed E-state index contributed by atoms with van der Waals surface area (Å²) in [5.41, 5.74) is 0.799. The zero-order valence-electron chi connectivity index (χ0n) is 11.4. The lowest BCUT2D eigenvalue weighted by Gasteiger charge is -2.33. The molecule has 1 aliphatic rings. The molecule has 2 atom stereocenters. The van der Waals surface area contributed by atoms with Gasteiger partial charge in [0.25, 0.3) is 0 Å². The van der Waals surface area contributed by atoms with Crippen LogP contribution in [0.3, 0.4) is 0 Å². The van der Waals surface area contributed by atoms with Gasteiger partial charge in [0.05, 0.1) is 11.6 Å². The zero-order chi connectivity index (χ0) is 13.2. The number of benzene rings is 1. The van der Waals surface area contributed by atoms with Gasteiger partial charge in [-0.05, 0) is 38.8 Å². The van der Waals surface area contributed by atoms with Crippen LogP contribution in [0, 0.1) is 0 Å². The van der Waals surface area contributed by atoms with E-state index in [1.54, 1.807) is 0 Å². The summed E-state index contributed by atoms with van der Waals surface area (Å²) in [6.07, 6.45) is 2.01. The Kier molecular flexibility index (Phi) is 3.71. The van der Waals surface area contributed by atoms with E-state index < -0.39 is 0 Å². The second-order valence-electron chi connectivity index (χ2n) is 5.37. The Hall–Kier alpha value is -1.35. The summed E-state index contributed by atoms with van der Waals surface area (Å²) in [7, 11) is 1.89. The van der Waals surface area contributed by atoms with Crippen LogP contribution in [0.1, 0.15) is 38.3 Å². The fourth-order valence-corrected chi connectivity index (χ4v) is 2.60. The van der Waals surface area contributed by atoms with Crippen LogP contribution in [0.15, 0.2) is 30.3 Å². The van der Waals surface area contributed by atoms with Gasteiger partial charge in [0.1, 0.15) is 0 Å². The van der Waals surface area contributed by atoms with Crippen molar-refractivity contribution >= 4 is 5.91 Å². The topological polar surface area (TPSA) is 32.3 Å². The van der Waals surface area contributed by atoms with Crippen LogP contribution in [-0.4, -0.2) is 29.9 Å². The largest absolute Gasteiger partial charge is 0.337 e. The van der Waals surface area contributed by atoms with E-state index in [0.717, 1.165) is 19.4 Å². The third kappa shape index (κ3) is 2.41. The van der Waals surface area contributed by atoms with Crippen molar-refractivity contribution in [1.29, 1.82) is 0 Å². The first-order chi connectivity index (χ1) is 8.54.